The lowest BCUT2D eigenvalue weighted by molar-refractivity contribution is 0.480. The topological polar surface area (TPSA) is 94.3 Å². The van der Waals surface area contributed by atoms with E-state index < -0.39 is 10.0 Å². The van der Waals surface area contributed by atoms with Crippen LogP contribution in [0.3, 0.4) is 0 Å². The van der Waals surface area contributed by atoms with Crippen LogP contribution in [0.15, 0.2) is 41.4 Å². The van der Waals surface area contributed by atoms with Crippen molar-refractivity contribution in [1.82, 2.24) is 9.71 Å². The van der Waals surface area contributed by atoms with Gasteiger partial charge < -0.3 is 10.5 Å². The molecule has 1 aromatic heterocycles. The lowest BCUT2D eigenvalue weighted by Gasteiger charge is -2.10. The minimum atomic E-state index is -3.54. The summed E-state index contributed by atoms with van der Waals surface area (Å²) in [5.41, 5.74) is 7.00. The monoisotopic (exact) mass is 293 g/mol. The summed E-state index contributed by atoms with van der Waals surface area (Å²) in [6.07, 6.45) is 1.55. The first-order valence-electron chi connectivity index (χ1n) is 5.86. The van der Waals surface area contributed by atoms with E-state index in [-0.39, 0.29) is 10.6 Å². The predicted octanol–water partition coefficient (Wildman–Crippen LogP) is 1.67. The van der Waals surface area contributed by atoms with Crippen LogP contribution in [0.4, 0.5) is 5.69 Å². The van der Waals surface area contributed by atoms with Gasteiger partial charge in [-0.3, -0.25) is 4.98 Å². The molecule has 1 heterocycles. The zero-order chi connectivity index (χ0) is 14.8. The van der Waals surface area contributed by atoms with E-state index in [4.69, 9.17) is 10.5 Å². The lowest BCUT2D eigenvalue weighted by Crippen LogP contribution is -2.18. The van der Waals surface area contributed by atoms with E-state index in [2.05, 4.69) is 9.71 Å². The Kier molecular flexibility index (Phi) is 3.91. The first kappa shape index (κ1) is 14.3. The third kappa shape index (κ3) is 3.06. The number of nitrogens with zero attached hydrogens (tertiary/aromatic N) is 1. The third-order valence-electron chi connectivity index (χ3n) is 2.68. The molecule has 0 saturated carbocycles. The van der Waals surface area contributed by atoms with Crippen LogP contribution in [0.5, 0.6) is 11.5 Å². The molecule has 0 radical (unpaired) electrons. The maximum Gasteiger partial charge on any atom is 0.240 e. The fourth-order valence-corrected chi connectivity index (χ4v) is 2.27. The Balaban J connectivity index is 2.36. The van der Waals surface area contributed by atoms with Gasteiger partial charge in [-0.05, 0) is 38.2 Å². The van der Waals surface area contributed by atoms with Crippen LogP contribution in [0.1, 0.15) is 5.69 Å². The molecule has 20 heavy (non-hydrogen) atoms. The van der Waals surface area contributed by atoms with Gasteiger partial charge in [-0.15, -0.1) is 0 Å². The predicted molar refractivity (Wildman–Crippen MR) is 76.1 cm³/mol. The highest BCUT2D eigenvalue weighted by atomic mass is 32.2. The van der Waals surface area contributed by atoms with E-state index in [1.54, 1.807) is 18.3 Å². The molecule has 1 aromatic carbocycles. The Morgan fingerprint density at radius 1 is 1.25 bits per heavy atom. The van der Waals surface area contributed by atoms with Crippen molar-refractivity contribution in [1.29, 1.82) is 0 Å². The molecule has 0 fully saturated rings. The standard InChI is InChI=1S/C13H15N3O3S/c1-9-3-4-10(8-16-9)19-13-7-11(5-6-12(13)14)20(17,18)15-2/h3-8,15H,14H2,1-2H3. The molecule has 0 amide bonds. The summed E-state index contributed by atoms with van der Waals surface area (Å²) in [7, 11) is -2.19. The number of ether oxygens (including phenoxy) is 1. The van der Waals surface area contributed by atoms with Crippen molar-refractivity contribution in [3.63, 3.8) is 0 Å². The van der Waals surface area contributed by atoms with E-state index in [1.807, 2.05) is 6.92 Å². The fraction of sp³-hybridized carbons (Fsp3) is 0.154. The van der Waals surface area contributed by atoms with E-state index in [0.29, 0.717) is 11.4 Å². The highest BCUT2D eigenvalue weighted by Gasteiger charge is 2.14. The summed E-state index contributed by atoms with van der Waals surface area (Å²) in [6.45, 7) is 1.86. The number of benzene rings is 1. The Morgan fingerprint density at radius 3 is 2.60 bits per heavy atom. The summed E-state index contributed by atoms with van der Waals surface area (Å²) in [6, 6.07) is 7.81. The molecule has 0 atom stereocenters. The van der Waals surface area contributed by atoms with Crippen molar-refractivity contribution >= 4 is 15.7 Å². The van der Waals surface area contributed by atoms with Crippen molar-refractivity contribution in [3.05, 3.63) is 42.2 Å². The Bertz CT molecular complexity index is 712. The van der Waals surface area contributed by atoms with E-state index in [0.717, 1.165) is 5.69 Å². The summed E-state index contributed by atoms with van der Waals surface area (Å²) >= 11 is 0. The van der Waals surface area contributed by atoms with Gasteiger partial charge in [0.25, 0.3) is 0 Å². The molecule has 6 nitrogen and oxygen atoms in total. The summed E-state index contributed by atoms with van der Waals surface area (Å²) in [5, 5.41) is 0. The van der Waals surface area contributed by atoms with Crippen molar-refractivity contribution < 1.29 is 13.2 Å². The molecule has 3 N–H and O–H groups in total. The van der Waals surface area contributed by atoms with Crippen LogP contribution >= 0.6 is 0 Å². The third-order valence-corrected chi connectivity index (χ3v) is 4.09. The molecule has 7 heteroatoms. The van der Waals surface area contributed by atoms with Crippen molar-refractivity contribution in [2.75, 3.05) is 12.8 Å². The number of pyridine rings is 1. The molecule has 0 aliphatic rings. The number of aromatic nitrogens is 1. The van der Waals surface area contributed by atoms with Gasteiger partial charge in [0.1, 0.15) is 5.75 Å². The number of anilines is 1. The van der Waals surface area contributed by atoms with Crippen LogP contribution in [-0.4, -0.2) is 20.4 Å². The molecule has 2 rings (SSSR count). The maximum absolute atomic E-state index is 11.7. The lowest BCUT2D eigenvalue weighted by atomic mass is 10.3. The molecule has 106 valence electrons. The Morgan fingerprint density at radius 2 is 2.00 bits per heavy atom. The van der Waals surface area contributed by atoms with Crippen LogP contribution < -0.4 is 15.2 Å². The van der Waals surface area contributed by atoms with Crippen LogP contribution in [0, 0.1) is 6.92 Å². The SMILES string of the molecule is CNS(=O)(=O)c1ccc(N)c(Oc2ccc(C)nc2)c1. The number of nitrogens with one attached hydrogen (secondary N) is 1. The smallest absolute Gasteiger partial charge is 0.240 e. The largest absolute Gasteiger partial charge is 0.454 e. The summed E-state index contributed by atoms with van der Waals surface area (Å²) in [4.78, 5) is 4.18. The zero-order valence-corrected chi connectivity index (χ0v) is 11.9. The number of sulfonamides is 1. The van der Waals surface area contributed by atoms with Gasteiger partial charge in [0.15, 0.2) is 5.75 Å². The highest BCUT2D eigenvalue weighted by Crippen LogP contribution is 2.29. The van der Waals surface area contributed by atoms with Gasteiger partial charge in [-0.1, -0.05) is 0 Å². The van der Waals surface area contributed by atoms with Gasteiger partial charge in [0.2, 0.25) is 10.0 Å². The molecule has 0 saturated heterocycles. The minimum absolute atomic E-state index is 0.0873. The normalized spacial score (nSPS) is 11.3. The molecular formula is C13H15N3O3S. The van der Waals surface area contributed by atoms with Gasteiger partial charge in [0.05, 0.1) is 16.8 Å². The molecule has 0 bridgehead atoms. The van der Waals surface area contributed by atoms with Gasteiger partial charge in [0, 0.05) is 11.8 Å². The first-order chi connectivity index (χ1) is 9.42. The minimum Gasteiger partial charge on any atom is -0.454 e. The average molecular weight is 293 g/mol. The van der Waals surface area contributed by atoms with Crippen LogP contribution in [0.25, 0.3) is 0 Å². The second kappa shape index (κ2) is 5.48. The Labute approximate surface area is 117 Å². The fourth-order valence-electron chi connectivity index (χ4n) is 1.53. The van der Waals surface area contributed by atoms with Crippen LogP contribution in [-0.2, 0) is 10.0 Å². The number of hydrogen-bond donors (Lipinski definition) is 2. The van der Waals surface area contributed by atoms with E-state index in [1.165, 1.54) is 25.2 Å². The van der Waals surface area contributed by atoms with Gasteiger partial charge >= 0.3 is 0 Å². The molecule has 0 unspecified atom stereocenters. The number of aryl methyl sites for hydroxylation is 1. The zero-order valence-electron chi connectivity index (χ0n) is 11.1. The summed E-state index contributed by atoms with van der Waals surface area (Å²) < 4.78 is 31.3. The molecule has 2 aromatic rings. The van der Waals surface area contributed by atoms with Gasteiger partial charge in [-0.25, -0.2) is 13.1 Å². The summed E-state index contributed by atoms with van der Waals surface area (Å²) in [5.74, 6) is 0.758. The maximum atomic E-state index is 11.7. The van der Waals surface area contributed by atoms with Crippen molar-refractivity contribution in [2.24, 2.45) is 0 Å². The quantitative estimate of drug-likeness (QED) is 0.836. The molecule has 0 spiro atoms. The average Bonchev–Trinajstić information content (AvgIpc) is 2.43. The molecule has 0 aliphatic heterocycles. The number of nitrogen functional groups attached to an aromatic ring is 1. The molecular weight excluding hydrogens is 278 g/mol. The molecule has 0 aliphatic carbocycles. The van der Waals surface area contributed by atoms with E-state index in [9.17, 15) is 8.42 Å². The number of hydrogen-bond acceptors (Lipinski definition) is 5. The second-order valence-electron chi connectivity index (χ2n) is 4.14. The van der Waals surface area contributed by atoms with Gasteiger partial charge in [-0.2, -0.15) is 0 Å². The number of nitrogens with two attached hydrogens (primary N) is 1. The van der Waals surface area contributed by atoms with Crippen molar-refractivity contribution in [3.8, 4) is 11.5 Å². The second-order valence-corrected chi connectivity index (χ2v) is 6.03. The van der Waals surface area contributed by atoms with Crippen molar-refractivity contribution in [2.45, 2.75) is 11.8 Å². The van der Waals surface area contributed by atoms with Crippen LogP contribution in [0.2, 0.25) is 0 Å². The Hall–Kier alpha value is -2.12. The first-order valence-corrected chi connectivity index (χ1v) is 7.34. The van der Waals surface area contributed by atoms with E-state index >= 15 is 0 Å². The highest BCUT2D eigenvalue weighted by molar-refractivity contribution is 7.89. The number of rotatable bonds is 4.